The zero-order chi connectivity index (χ0) is 17.3. The third-order valence-corrected chi connectivity index (χ3v) is 4.97. The Morgan fingerprint density at radius 3 is 2.64 bits per heavy atom. The Bertz CT molecular complexity index is 819. The standard InChI is InChI=1S/C19H20N2O4/c22-17-16(20-18(23)25-11-14-5-2-1-3-6-14)7-4-8-21(17)15-9-19(10-15)12-24-13-19/h1-8,15H,9-13H2,(H,20,23). The monoisotopic (exact) mass is 340 g/mol. The summed E-state index contributed by atoms with van der Waals surface area (Å²) in [4.78, 5) is 24.6. The van der Waals surface area contributed by atoms with Crippen molar-refractivity contribution in [3.8, 4) is 0 Å². The Morgan fingerprint density at radius 1 is 1.20 bits per heavy atom. The van der Waals surface area contributed by atoms with Crippen LogP contribution < -0.4 is 10.9 Å². The van der Waals surface area contributed by atoms with E-state index in [4.69, 9.17) is 9.47 Å². The van der Waals surface area contributed by atoms with Gasteiger partial charge in [0.1, 0.15) is 12.3 Å². The molecule has 0 unspecified atom stereocenters. The van der Waals surface area contributed by atoms with Crippen LogP contribution in [0.2, 0.25) is 0 Å². The number of anilines is 1. The fourth-order valence-electron chi connectivity index (χ4n) is 3.52. The quantitative estimate of drug-likeness (QED) is 0.929. The highest BCUT2D eigenvalue weighted by Gasteiger charge is 2.50. The highest BCUT2D eigenvalue weighted by molar-refractivity contribution is 5.84. The smallest absolute Gasteiger partial charge is 0.412 e. The minimum Gasteiger partial charge on any atom is -0.444 e. The second kappa shape index (κ2) is 6.37. The van der Waals surface area contributed by atoms with Gasteiger partial charge in [-0.3, -0.25) is 10.1 Å². The average Bonchev–Trinajstić information content (AvgIpc) is 2.54. The number of amides is 1. The van der Waals surface area contributed by atoms with Crippen LogP contribution in [0.1, 0.15) is 24.4 Å². The van der Waals surface area contributed by atoms with Gasteiger partial charge in [-0.2, -0.15) is 0 Å². The molecule has 2 heterocycles. The molecular formula is C19H20N2O4. The van der Waals surface area contributed by atoms with Crippen LogP contribution in [0.4, 0.5) is 10.5 Å². The number of pyridine rings is 1. The van der Waals surface area contributed by atoms with Crippen molar-refractivity contribution in [1.82, 2.24) is 4.57 Å². The second-order valence-electron chi connectivity index (χ2n) is 6.88. The Hall–Kier alpha value is -2.60. The van der Waals surface area contributed by atoms with Gasteiger partial charge in [0.15, 0.2) is 0 Å². The minimum atomic E-state index is -0.629. The van der Waals surface area contributed by atoms with Gasteiger partial charge in [-0.25, -0.2) is 4.79 Å². The molecule has 1 spiro atoms. The normalized spacial score (nSPS) is 18.2. The van der Waals surface area contributed by atoms with Crippen molar-refractivity contribution >= 4 is 11.8 Å². The van der Waals surface area contributed by atoms with Crippen LogP contribution in [-0.2, 0) is 16.1 Å². The van der Waals surface area contributed by atoms with Gasteiger partial charge in [-0.15, -0.1) is 0 Å². The molecule has 25 heavy (non-hydrogen) atoms. The van der Waals surface area contributed by atoms with Gasteiger partial charge >= 0.3 is 6.09 Å². The molecule has 0 bridgehead atoms. The van der Waals surface area contributed by atoms with Gasteiger partial charge in [0.05, 0.1) is 13.2 Å². The van der Waals surface area contributed by atoms with E-state index < -0.39 is 6.09 Å². The van der Waals surface area contributed by atoms with E-state index in [1.165, 1.54) is 0 Å². The fraction of sp³-hybridized carbons (Fsp3) is 0.368. The first-order chi connectivity index (χ1) is 12.2. The maximum atomic E-state index is 12.6. The van der Waals surface area contributed by atoms with E-state index in [2.05, 4.69) is 5.32 Å². The molecule has 1 saturated carbocycles. The van der Waals surface area contributed by atoms with E-state index in [-0.39, 0.29) is 29.3 Å². The molecule has 1 aliphatic heterocycles. The molecule has 2 aromatic rings. The average molecular weight is 340 g/mol. The first kappa shape index (κ1) is 15.9. The minimum absolute atomic E-state index is 0.166. The summed E-state index contributed by atoms with van der Waals surface area (Å²) in [6.07, 6.45) is 3.06. The molecule has 1 N–H and O–H groups in total. The number of carbonyl (C=O) groups is 1. The van der Waals surface area contributed by atoms with E-state index in [1.54, 1.807) is 22.9 Å². The molecule has 1 aromatic heterocycles. The number of aromatic nitrogens is 1. The lowest BCUT2D eigenvalue weighted by atomic mass is 9.64. The molecule has 0 radical (unpaired) electrons. The highest BCUT2D eigenvalue weighted by Crippen LogP contribution is 2.52. The molecule has 1 amide bonds. The Kier molecular flexibility index (Phi) is 4.05. The number of hydrogen-bond acceptors (Lipinski definition) is 4. The Morgan fingerprint density at radius 2 is 1.96 bits per heavy atom. The van der Waals surface area contributed by atoms with Crippen molar-refractivity contribution in [3.05, 3.63) is 64.6 Å². The number of nitrogens with zero attached hydrogens (tertiary/aromatic N) is 1. The zero-order valence-corrected chi connectivity index (χ0v) is 13.8. The number of benzene rings is 1. The van der Waals surface area contributed by atoms with E-state index in [0.29, 0.717) is 0 Å². The van der Waals surface area contributed by atoms with Crippen LogP contribution in [0.5, 0.6) is 0 Å². The summed E-state index contributed by atoms with van der Waals surface area (Å²) in [5, 5.41) is 2.55. The summed E-state index contributed by atoms with van der Waals surface area (Å²) in [6.45, 7) is 1.75. The van der Waals surface area contributed by atoms with E-state index in [0.717, 1.165) is 31.6 Å². The molecule has 2 aliphatic rings. The van der Waals surface area contributed by atoms with E-state index in [1.807, 2.05) is 30.3 Å². The van der Waals surface area contributed by atoms with Gasteiger partial charge in [0.25, 0.3) is 5.56 Å². The van der Waals surface area contributed by atoms with Gasteiger partial charge in [0.2, 0.25) is 0 Å². The lowest BCUT2D eigenvalue weighted by molar-refractivity contribution is -0.174. The van der Waals surface area contributed by atoms with Crippen molar-refractivity contribution in [2.45, 2.75) is 25.5 Å². The number of carbonyl (C=O) groups excluding carboxylic acids is 1. The molecule has 4 rings (SSSR count). The maximum Gasteiger partial charge on any atom is 0.412 e. The largest absolute Gasteiger partial charge is 0.444 e. The topological polar surface area (TPSA) is 69.6 Å². The van der Waals surface area contributed by atoms with Crippen LogP contribution in [0.25, 0.3) is 0 Å². The molecule has 6 heteroatoms. The zero-order valence-electron chi connectivity index (χ0n) is 13.8. The van der Waals surface area contributed by atoms with E-state index in [9.17, 15) is 9.59 Å². The molecule has 1 aromatic carbocycles. The van der Waals surface area contributed by atoms with Crippen molar-refractivity contribution in [3.63, 3.8) is 0 Å². The molecule has 1 saturated heterocycles. The highest BCUT2D eigenvalue weighted by atomic mass is 16.5. The predicted molar refractivity (Wildman–Crippen MR) is 92.5 cm³/mol. The summed E-state index contributed by atoms with van der Waals surface area (Å²) in [7, 11) is 0. The predicted octanol–water partition coefficient (Wildman–Crippen LogP) is 2.95. The molecular weight excluding hydrogens is 320 g/mol. The van der Waals surface area contributed by atoms with E-state index >= 15 is 0 Å². The molecule has 0 atom stereocenters. The van der Waals surface area contributed by atoms with Crippen LogP contribution in [-0.4, -0.2) is 23.9 Å². The van der Waals surface area contributed by atoms with Gasteiger partial charge < -0.3 is 14.0 Å². The van der Waals surface area contributed by atoms with Crippen molar-refractivity contribution < 1.29 is 14.3 Å². The number of nitrogens with one attached hydrogen (secondary N) is 1. The SMILES string of the molecule is O=C(Nc1cccn(C2CC3(COC3)C2)c1=O)OCc1ccccc1. The summed E-state index contributed by atoms with van der Waals surface area (Å²) in [6, 6.07) is 13.0. The van der Waals surface area contributed by atoms with Crippen LogP contribution in [0, 0.1) is 5.41 Å². The number of hydrogen-bond donors (Lipinski definition) is 1. The van der Waals surface area contributed by atoms with Crippen LogP contribution in [0.15, 0.2) is 53.5 Å². The maximum absolute atomic E-state index is 12.6. The van der Waals surface area contributed by atoms with Gasteiger partial charge in [-0.05, 0) is 30.5 Å². The van der Waals surface area contributed by atoms with Crippen molar-refractivity contribution in [2.24, 2.45) is 5.41 Å². The fourth-order valence-corrected chi connectivity index (χ4v) is 3.52. The summed E-state index contributed by atoms with van der Waals surface area (Å²) in [5.74, 6) is 0. The number of ether oxygens (including phenoxy) is 2. The summed E-state index contributed by atoms with van der Waals surface area (Å²) >= 11 is 0. The first-order valence-electron chi connectivity index (χ1n) is 8.42. The Balaban J connectivity index is 1.38. The summed E-state index contributed by atoms with van der Waals surface area (Å²) in [5.41, 5.74) is 1.22. The molecule has 130 valence electrons. The molecule has 6 nitrogen and oxygen atoms in total. The van der Waals surface area contributed by atoms with Gasteiger partial charge in [0, 0.05) is 17.7 Å². The third-order valence-electron chi connectivity index (χ3n) is 4.97. The van der Waals surface area contributed by atoms with Crippen LogP contribution in [0.3, 0.4) is 0 Å². The van der Waals surface area contributed by atoms with Gasteiger partial charge in [-0.1, -0.05) is 30.3 Å². The van der Waals surface area contributed by atoms with Crippen molar-refractivity contribution in [2.75, 3.05) is 18.5 Å². The second-order valence-corrected chi connectivity index (χ2v) is 6.88. The number of rotatable bonds is 4. The van der Waals surface area contributed by atoms with Crippen molar-refractivity contribution in [1.29, 1.82) is 0 Å². The third kappa shape index (κ3) is 3.17. The Labute approximate surface area is 145 Å². The molecule has 2 fully saturated rings. The lowest BCUT2D eigenvalue weighted by Gasteiger charge is -2.53. The summed E-state index contributed by atoms with van der Waals surface area (Å²) < 4.78 is 12.2. The molecule has 1 aliphatic carbocycles. The first-order valence-corrected chi connectivity index (χ1v) is 8.42. The lowest BCUT2D eigenvalue weighted by Crippen LogP contribution is -2.53. The van der Waals surface area contributed by atoms with Crippen LogP contribution >= 0.6 is 0 Å².